The molecular formula is C13H14N2O3S. The van der Waals surface area contributed by atoms with E-state index >= 15 is 0 Å². The van der Waals surface area contributed by atoms with Gasteiger partial charge in [-0.25, -0.2) is 4.98 Å². The molecule has 2 aromatic rings. The molecule has 1 unspecified atom stereocenters. The monoisotopic (exact) mass is 278 g/mol. The highest BCUT2D eigenvalue weighted by Crippen LogP contribution is 2.34. The van der Waals surface area contributed by atoms with Crippen LogP contribution in [-0.4, -0.2) is 36.3 Å². The summed E-state index contributed by atoms with van der Waals surface area (Å²) in [6.07, 6.45) is 0.399. The van der Waals surface area contributed by atoms with Crippen molar-refractivity contribution in [2.75, 3.05) is 25.2 Å². The van der Waals surface area contributed by atoms with Gasteiger partial charge in [0.25, 0.3) is 0 Å². The molecule has 0 aliphatic carbocycles. The van der Waals surface area contributed by atoms with Gasteiger partial charge in [0.15, 0.2) is 5.13 Å². The highest BCUT2D eigenvalue weighted by atomic mass is 32.1. The van der Waals surface area contributed by atoms with Crippen molar-refractivity contribution in [3.63, 3.8) is 0 Å². The molecule has 0 saturated carbocycles. The Labute approximate surface area is 114 Å². The number of carbonyl (C=O) groups is 1. The Morgan fingerprint density at radius 3 is 3.11 bits per heavy atom. The van der Waals surface area contributed by atoms with Crippen LogP contribution in [0.2, 0.25) is 0 Å². The maximum absolute atomic E-state index is 11.9. The summed E-state index contributed by atoms with van der Waals surface area (Å²) < 4.78 is 6.17. The first-order valence-electron chi connectivity index (χ1n) is 6.07. The molecule has 3 rings (SSSR count). The van der Waals surface area contributed by atoms with Gasteiger partial charge in [-0.05, 0) is 18.2 Å². The SMILES string of the molecule is COc1ccc2nc(N3CC(CO)CC3=O)sc2c1. The molecule has 1 amide bonds. The second-order valence-corrected chi connectivity index (χ2v) is 5.60. The second-order valence-electron chi connectivity index (χ2n) is 4.59. The summed E-state index contributed by atoms with van der Waals surface area (Å²) >= 11 is 1.47. The van der Waals surface area contributed by atoms with E-state index in [1.54, 1.807) is 12.0 Å². The number of ether oxygens (including phenoxy) is 1. The Bertz CT molecular complexity index is 625. The smallest absolute Gasteiger partial charge is 0.229 e. The predicted molar refractivity (Wildman–Crippen MR) is 73.7 cm³/mol. The minimum atomic E-state index is 0.0223. The lowest BCUT2D eigenvalue weighted by atomic mass is 10.1. The number of rotatable bonds is 3. The fourth-order valence-electron chi connectivity index (χ4n) is 2.22. The first-order valence-corrected chi connectivity index (χ1v) is 6.88. The number of nitrogens with zero attached hydrogens (tertiary/aromatic N) is 2. The average molecular weight is 278 g/mol. The minimum absolute atomic E-state index is 0.0223. The molecule has 1 aromatic carbocycles. The van der Waals surface area contributed by atoms with Crippen LogP contribution < -0.4 is 9.64 Å². The molecule has 2 heterocycles. The van der Waals surface area contributed by atoms with Crippen molar-refractivity contribution in [1.29, 1.82) is 0 Å². The molecule has 1 N–H and O–H groups in total. The average Bonchev–Trinajstić information content (AvgIpc) is 3.00. The number of hydrogen-bond donors (Lipinski definition) is 1. The van der Waals surface area contributed by atoms with Gasteiger partial charge in [-0.1, -0.05) is 11.3 Å². The third-order valence-electron chi connectivity index (χ3n) is 3.28. The zero-order valence-corrected chi connectivity index (χ0v) is 11.3. The van der Waals surface area contributed by atoms with Crippen molar-refractivity contribution < 1.29 is 14.6 Å². The van der Waals surface area contributed by atoms with E-state index in [0.29, 0.717) is 18.1 Å². The number of aromatic nitrogens is 1. The third-order valence-corrected chi connectivity index (χ3v) is 4.32. The van der Waals surface area contributed by atoms with Gasteiger partial charge < -0.3 is 9.84 Å². The molecule has 0 spiro atoms. The second kappa shape index (κ2) is 4.79. The molecule has 19 heavy (non-hydrogen) atoms. The van der Waals surface area contributed by atoms with E-state index in [4.69, 9.17) is 9.84 Å². The number of methoxy groups -OCH3 is 1. The van der Waals surface area contributed by atoms with E-state index < -0.39 is 0 Å². The third kappa shape index (κ3) is 2.17. The lowest BCUT2D eigenvalue weighted by molar-refractivity contribution is -0.117. The number of aliphatic hydroxyl groups is 1. The Balaban J connectivity index is 1.95. The summed E-state index contributed by atoms with van der Waals surface area (Å²) in [7, 11) is 1.62. The van der Waals surface area contributed by atoms with Crippen molar-refractivity contribution in [3.8, 4) is 5.75 Å². The van der Waals surface area contributed by atoms with Gasteiger partial charge in [-0.3, -0.25) is 9.69 Å². The van der Waals surface area contributed by atoms with Crippen LogP contribution in [0.1, 0.15) is 6.42 Å². The number of anilines is 1. The van der Waals surface area contributed by atoms with Gasteiger partial charge in [0, 0.05) is 25.5 Å². The molecule has 0 bridgehead atoms. The zero-order chi connectivity index (χ0) is 13.4. The molecule has 100 valence electrons. The van der Waals surface area contributed by atoms with Crippen LogP contribution in [0.4, 0.5) is 5.13 Å². The molecule has 1 atom stereocenters. The highest BCUT2D eigenvalue weighted by Gasteiger charge is 2.31. The van der Waals surface area contributed by atoms with Gasteiger partial charge in [-0.2, -0.15) is 0 Å². The van der Waals surface area contributed by atoms with Crippen LogP contribution in [0.15, 0.2) is 18.2 Å². The van der Waals surface area contributed by atoms with Crippen molar-refractivity contribution in [2.45, 2.75) is 6.42 Å². The summed E-state index contributed by atoms with van der Waals surface area (Å²) in [6.45, 7) is 0.591. The van der Waals surface area contributed by atoms with E-state index in [9.17, 15) is 4.79 Å². The minimum Gasteiger partial charge on any atom is -0.497 e. The van der Waals surface area contributed by atoms with Gasteiger partial charge in [0.2, 0.25) is 5.91 Å². The van der Waals surface area contributed by atoms with E-state index in [1.807, 2.05) is 18.2 Å². The molecule has 5 nitrogen and oxygen atoms in total. The Hall–Kier alpha value is -1.66. The number of amides is 1. The van der Waals surface area contributed by atoms with E-state index in [0.717, 1.165) is 16.0 Å². The zero-order valence-electron chi connectivity index (χ0n) is 10.5. The fourth-order valence-corrected chi connectivity index (χ4v) is 3.24. The molecule has 1 aliphatic rings. The van der Waals surface area contributed by atoms with E-state index in [2.05, 4.69) is 4.98 Å². The largest absolute Gasteiger partial charge is 0.497 e. The van der Waals surface area contributed by atoms with Crippen LogP contribution in [0.25, 0.3) is 10.2 Å². The van der Waals surface area contributed by atoms with E-state index in [-0.39, 0.29) is 18.4 Å². The van der Waals surface area contributed by atoms with Crippen LogP contribution in [0.5, 0.6) is 5.75 Å². The number of benzene rings is 1. The summed E-state index contributed by atoms with van der Waals surface area (Å²) in [5, 5.41) is 9.84. The molecule has 1 saturated heterocycles. The van der Waals surface area contributed by atoms with Crippen molar-refractivity contribution in [3.05, 3.63) is 18.2 Å². The standard InChI is InChI=1S/C13H14N2O3S/c1-18-9-2-3-10-11(5-9)19-13(14-10)15-6-8(7-16)4-12(15)17/h2-3,5,8,16H,4,6-7H2,1H3. The normalized spacial score (nSPS) is 19.4. The van der Waals surface area contributed by atoms with Gasteiger partial charge in [0.1, 0.15) is 5.75 Å². The number of fused-ring (bicyclic) bond motifs is 1. The lowest BCUT2D eigenvalue weighted by Gasteiger charge is -2.11. The first kappa shape index (κ1) is 12.4. The maximum Gasteiger partial charge on any atom is 0.229 e. The lowest BCUT2D eigenvalue weighted by Crippen LogP contribution is -2.24. The Morgan fingerprint density at radius 1 is 1.58 bits per heavy atom. The topological polar surface area (TPSA) is 62.7 Å². The number of carbonyl (C=O) groups excluding carboxylic acids is 1. The quantitative estimate of drug-likeness (QED) is 0.927. The van der Waals surface area contributed by atoms with Crippen LogP contribution >= 0.6 is 11.3 Å². The van der Waals surface area contributed by atoms with Crippen LogP contribution in [0, 0.1) is 5.92 Å². The van der Waals surface area contributed by atoms with Gasteiger partial charge in [0.05, 0.1) is 17.3 Å². The van der Waals surface area contributed by atoms with Crippen molar-refractivity contribution in [2.24, 2.45) is 5.92 Å². The van der Waals surface area contributed by atoms with Crippen molar-refractivity contribution >= 4 is 32.6 Å². The Morgan fingerprint density at radius 2 is 2.42 bits per heavy atom. The number of aliphatic hydroxyl groups excluding tert-OH is 1. The first-order chi connectivity index (χ1) is 9.21. The maximum atomic E-state index is 11.9. The van der Waals surface area contributed by atoms with Crippen LogP contribution in [0.3, 0.4) is 0 Å². The predicted octanol–water partition coefficient (Wildman–Crippen LogP) is 1.65. The molecule has 1 aliphatic heterocycles. The Kier molecular flexibility index (Phi) is 3.12. The summed E-state index contributed by atoms with van der Waals surface area (Å²) in [6, 6.07) is 5.66. The fraction of sp³-hybridized carbons (Fsp3) is 0.385. The number of thiazole rings is 1. The molecule has 1 fully saturated rings. The summed E-state index contributed by atoms with van der Waals surface area (Å²) in [5.41, 5.74) is 0.862. The molecular weight excluding hydrogens is 264 g/mol. The van der Waals surface area contributed by atoms with Crippen LogP contribution in [-0.2, 0) is 4.79 Å². The van der Waals surface area contributed by atoms with Gasteiger partial charge in [-0.15, -0.1) is 0 Å². The summed E-state index contributed by atoms with van der Waals surface area (Å²) in [5.74, 6) is 0.836. The molecule has 6 heteroatoms. The highest BCUT2D eigenvalue weighted by molar-refractivity contribution is 7.22. The molecule has 0 radical (unpaired) electrons. The summed E-state index contributed by atoms with van der Waals surface area (Å²) in [4.78, 5) is 18.0. The molecule has 1 aromatic heterocycles. The van der Waals surface area contributed by atoms with Gasteiger partial charge >= 0.3 is 0 Å². The van der Waals surface area contributed by atoms with Crippen molar-refractivity contribution in [1.82, 2.24) is 4.98 Å². The van der Waals surface area contributed by atoms with E-state index in [1.165, 1.54) is 11.3 Å². The number of hydrogen-bond acceptors (Lipinski definition) is 5.